The van der Waals surface area contributed by atoms with Crippen molar-refractivity contribution in [1.82, 2.24) is 9.97 Å². The van der Waals surface area contributed by atoms with Crippen LogP contribution in [0, 0.1) is 6.92 Å². The van der Waals surface area contributed by atoms with Gasteiger partial charge in [0.05, 0.1) is 11.0 Å². The Labute approximate surface area is 80.6 Å². The average molecular weight is 188 g/mol. The number of carbonyl (C=O) groups is 1. The van der Waals surface area contributed by atoms with E-state index < -0.39 is 0 Å². The maximum atomic E-state index is 10.2. The maximum Gasteiger partial charge on any atom is 0.299 e. The number of benzene rings is 1. The molecule has 2 rings (SSSR count). The van der Waals surface area contributed by atoms with E-state index in [1.165, 1.54) is 0 Å². The molecule has 0 bridgehead atoms. The van der Waals surface area contributed by atoms with Crippen molar-refractivity contribution in [3.8, 4) is 5.88 Å². The van der Waals surface area contributed by atoms with E-state index in [4.69, 9.17) is 4.74 Å². The van der Waals surface area contributed by atoms with Gasteiger partial charge in [-0.2, -0.15) is 0 Å². The van der Waals surface area contributed by atoms with E-state index >= 15 is 0 Å². The van der Waals surface area contributed by atoms with Crippen molar-refractivity contribution in [2.75, 3.05) is 0 Å². The molecule has 70 valence electrons. The van der Waals surface area contributed by atoms with Crippen LogP contribution < -0.4 is 4.74 Å². The monoisotopic (exact) mass is 188 g/mol. The number of hydrogen-bond acceptors (Lipinski definition) is 4. The first-order valence-electron chi connectivity index (χ1n) is 4.15. The van der Waals surface area contributed by atoms with Gasteiger partial charge in [0, 0.05) is 0 Å². The fraction of sp³-hybridized carbons (Fsp3) is 0.100. The summed E-state index contributed by atoms with van der Waals surface area (Å²) >= 11 is 0. The molecule has 4 heteroatoms. The SMILES string of the molecule is Cc1nc2ccccc2nc1OC=O. The fourth-order valence-electron chi connectivity index (χ4n) is 1.23. The Hall–Kier alpha value is -1.97. The fourth-order valence-corrected chi connectivity index (χ4v) is 1.23. The molecule has 0 fully saturated rings. The van der Waals surface area contributed by atoms with Crippen molar-refractivity contribution in [1.29, 1.82) is 0 Å². The Balaban J connectivity index is 2.64. The minimum atomic E-state index is 0.263. The topological polar surface area (TPSA) is 52.1 Å². The van der Waals surface area contributed by atoms with Crippen molar-refractivity contribution in [2.45, 2.75) is 6.92 Å². The van der Waals surface area contributed by atoms with Crippen LogP contribution in [0.5, 0.6) is 5.88 Å². The number of carbonyl (C=O) groups excluding carboxylic acids is 1. The molecule has 0 N–H and O–H groups in total. The lowest BCUT2D eigenvalue weighted by atomic mass is 10.3. The molecule has 0 radical (unpaired) electrons. The third-order valence-corrected chi connectivity index (χ3v) is 1.86. The number of fused-ring (bicyclic) bond motifs is 1. The van der Waals surface area contributed by atoms with Gasteiger partial charge in [0.2, 0.25) is 5.88 Å². The van der Waals surface area contributed by atoms with Gasteiger partial charge < -0.3 is 4.74 Å². The van der Waals surface area contributed by atoms with E-state index in [0.717, 1.165) is 11.0 Å². The van der Waals surface area contributed by atoms with Crippen LogP contribution in [0.2, 0.25) is 0 Å². The van der Waals surface area contributed by atoms with Crippen LogP contribution in [0.25, 0.3) is 11.0 Å². The second-order valence-electron chi connectivity index (χ2n) is 2.82. The zero-order valence-corrected chi connectivity index (χ0v) is 7.60. The molecule has 0 aliphatic rings. The van der Waals surface area contributed by atoms with E-state index in [1.54, 1.807) is 6.92 Å². The highest BCUT2D eigenvalue weighted by Gasteiger charge is 2.04. The van der Waals surface area contributed by atoms with E-state index in [-0.39, 0.29) is 5.88 Å². The van der Waals surface area contributed by atoms with Gasteiger partial charge in [0.1, 0.15) is 5.69 Å². The maximum absolute atomic E-state index is 10.2. The van der Waals surface area contributed by atoms with Gasteiger partial charge in [0.15, 0.2) is 0 Å². The largest absolute Gasteiger partial charge is 0.408 e. The summed E-state index contributed by atoms with van der Waals surface area (Å²) in [5, 5.41) is 0. The first-order valence-corrected chi connectivity index (χ1v) is 4.15. The molecule has 2 aromatic rings. The van der Waals surface area contributed by atoms with Gasteiger partial charge in [-0.25, -0.2) is 9.97 Å². The zero-order chi connectivity index (χ0) is 9.97. The second-order valence-corrected chi connectivity index (χ2v) is 2.82. The van der Waals surface area contributed by atoms with E-state index in [0.29, 0.717) is 12.2 Å². The molecule has 14 heavy (non-hydrogen) atoms. The molecule has 4 nitrogen and oxygen atoms in total. The third kappa shape index (κ3) is 1.42. The Morgan fingerprint density at radius 2 is 1.86 bits per heavy atom. The predicted molar refractivity (Wildman–Crippen MR) is 51.0 cm³/mol. The summed E-state index contributed by atoms with van der Waals surface area (Å²) in [5.41, 5.74) is 2.12. The van der Waals surface area contributed by atoms with Crippen LogP contribution in [0.1, 0.15) is 5.69 Å². The molecule has 1 aromatic heterocycles. The highest BCUT2D eigenvalue weighted by molar-refractivity contribution is 5.74. The smallest absolute Gasteiger partial charge is 0.299 e. The molecular weight excluding hydrogens is 180 g/mol. The van der Waals surface area contributed by atoms with Crippen molar-refractivity contribution in [3.05, 3.63) is 30.0 Å². The first-order chi connectivity index (χ1) is 6.81. The molecule has 0 spiro atoms. The average Bonchev–Trinajstić information content (AvgIpc) is 2.19. The van der Waals surface area contributed by atoms with Crippen LogP contribution in [0.4, 0.5) is 0 Å². The van der Waals surface area contributed by atoms with E-state index in [1.807, 2.05) is 24.3 Å². The second kappa shape index (κ2) is 3.41. The minimum Gasteiger partial charge on any atom is -0.408 e. The number of para-hydroxylation sites is 2. The summed E-state index contributed by atoms with van der Waals surface area (Å²) < 4.78 is 4.69. The van der Waals surface area contributed by atoms with Gasteiger partial charge in [-0.15, -0.1) is 0 Å². The van der Waals surface area contributed by atoms with Gasteiger partial charge in [-0.05, 0) is 19.1 Å². The van der Waals surface area contributed by atoms with Crippen LogP contribution >= 0.6 is 0 Å². The number of ether oxygens (including phenoxy) is 1. The normalized spacial score (nSPS) is 10.1. The van der Waals surface area contributed by atoms with Crippen molar-refractivity contribution in [3.63, 3.8) is 0 Å². The summed E-state index contributed by atoms with van der Waals surface area (Å²) in [6, 6.07) is 7.42. The number of aromatic nitrogens is 2. The summed E-state index contributed by atoms with van der Waals surface area (Å²) in [6.07, 6.45) is 0. The minimum absolute atomic E-state index is 0.263. The standard InChI is InChI=1S/C10H8N2O2/c1-7-10(14-6-13)12-9-5-3-2-4-8(9)11-7/h2-6H,1H3. The Morgan fingerprint density at radius 3 is 2.50 bits per heavy atom. The molecule has 0 amide bonds. The molecule has 0 aliphatic heterocycles. The number of aryl methyl sites for hydroxylation is 1. The lowest BCUT2D eigenvalue weighted by Crippen LogP contribution is -1.97. The lowest BCUT2D eigenvalue weighted by Gasteiger charge is -2.02. The van der Waals surface area contributed by atoms with Crippen molar-refractivity contribution < 1.29 is 9.53 Å². The lowest BCUT2D eigenvalue weighted by molar-refractivity contribution is -0.121. The summed E-state index contributed by atoms with van der Waals surface area (Å²) in [4.78, 5) is 18.6. The van der Waals surface area contributed by atoms with Gasteiger partial charge in [-0.1, -0.05) is 12.1 Å². The van der Waals surface area contributed by atoms with Gasteiger partial charge in [-0.3, -0.25) is 4.79 Å². The van der Waals surface area contributed by atoms with Gasteiger partial charge >= 0.3 is 0 Å². The van der Waals surface area contributed by atoms with Crippen LogP contribution in [-0.4, -0.2) is 16.4 Å². The molecule has 1 heterocycles. The summed E-state index contributed by atoms with van der Waals surface area (Å²) in [5.74, 6) is 0.263. The highest BCUT2D eigenvalue weighted by Crippen LogP contribution is 2.16. The Kier molecular flexibility index (Phi) is 2.10. The van der Waals surface area contributed by atoms with E-state index in [2.05, 4.69) is 9.97 Å². The zero-order valence-electron chi connectivity index (χ0n) is 7.60. The summed E-state index contributed by atoms with van der Waals surface area (Å²) in [6.45, 7) is 2.10. The molecule has 0 saturated carbocycles. The molecule has 0 atom stereocenters. The molecule has 1 aromatic carbocycles. The van der Waals surface area contributed by atoms with Crippen molar-refractivity contribution >= 4 is 17.5 Å². The van der Waals surface area contributed by atoms with Crippen molar-refractivity contribution in [2.24, 2.45) is 0 Å². The van der Waals surface area contributed by atoms with Gasteiger partial charge in [0.25, 0.3) is 6.47 Å². The number of hydrogen-bond donors (Lipinski definition) is 0. The molecular formula is C10H8N2O2. The van der Waals surface area contributed by atoms with Crippen LogP contribution in [-0.2, 0) is 4.79 Å². The predicted octanol–water partition coefficient (Wildman–Crippen LogP) is 1.47. The van der Waals surface area contributed by atoms with E-state index in [9.17, 15) is 4.79 Å². The Morgan fingerprint density at radius 1 is 1.21 bits per heavy atom. The molecule has 0 aliphatic carbocycles. The number of nitrogens with zero attached hydrogens (tertiary/aromatic N) is 2. The molecule has 0 saturated heterocycles. The number of rotatable bonds is 2. The third-order valence-electron chi connectivity index (χ3n) is 1.86. The highest BCUT2D eigenvalue weighted by atomic mass is 16.5. The first kappa shape index (κ1) is 8.62. The summed E-state index contributed by atoms with van der Waals surface area (Å²) in [7, 11) is 0. The Bertz CT molecular complexity index is 483. The van der Waals surface area contributed by atoms with Crippen LogP contribution in [0.3, 0.4) is 0 Å². The van der Waals surface area contributed by atoms with Crippen LogP contribution in [0.15, 0.2) is 24.3 Å². The molecule has 0 unspecified atom stereocenters. The quantitative estimate of drug-likeness (QED) is 0.670.